The normalized spacial score (nSPS) is 34.7. The molecular weight excluding hydrogens is 224 g/mol. The van der Waals surface area contributed by atoms with Gasteiger partial charge in [0, 0.05) is 19.2 Å². The molecule has 3 heteroatoms. The largest absolute Gasteiger partial charge is 0.378 e. The van der Waals surface area contributed by atoms with Gasteiger partial charge in [-0.05, 0) is 57.7 Å². The van der Waals surface area contributed by atoms with Crippen LogP contribution in [0, 0.1) is 5.92 Å². The van der Waals surface area contributed by atoms with Crippen LogP contribution in [-0.2, 0) is 4.74 Å². The predicted octanol–water partition coefficient (Wildman–Crippen LogP) is 2.27. The van der Waals surface area contributed by atoms with E-state index in [0.29, 0.717) is 6.10 Å². The first-order valence-electron chi connectivity index (χ1n) is 7.90. The Morgan fingerprint density at radius 1 is 1.17 bits per heavy atom. The second-order valence-corrected chi connectivity index (χ2v) is 5.84. The van der Waals surface area contributed by atoms with Crippen LogP contribution >= 0.6 is 0 Å². The van der Waals surface area contributed by atoms with E-state index in [1.54, 1.807) is 0 Å². The molecule has 0 amide bonds. The summed E-state index contributed by atoms with van der Waals surface area (Å²) < 4.78 is 5.77. The van der Waals surface area contributed by atoms with Gasteiger partial charge in [0.05, 0.1) is 6.10 Å². The Morgan fingerprint density at radius 2 is 2.06 bits per heavy atom. The summed E-state index contributed by atoms with van der Waals surface area (Å²) in [4.78, 5) is 2.58. The number of nitrogens with zero attached hydrogens (tertiary/aromatic N) is 1. The second-order valence-electron chi connectivity index (χ2n) is 5.84. The van der Waals surface area contributed by atoms with Crippen molar-refractivity contribution in [3.63, 3.8) is 0 Å². The molecule has 1 N–H and O–H groups in total. The molecule has 2 aliphatic heterocycles. The van der Waals surface area contributed by atoms with Gasteiger partial charge in [-0.1, -0.05) is 13.8 Å². The van der Waals surface area contributed by atoms with E-state index >= 15 is 0 Å². The third-order valence-corrected chi connectivity index (χ3v) is 4.69. The lowest BCUT2D eigenvalue weighted by Crippen LogP contribution is -2.36. The molecule has 0 bridgehead atoms. The van der Waals surface area contributed by atoms with Gasteiger partial charge in [0.1, 0.15) is 0 Å². The van der Waals surface area contributed by atoms with E-state index in [0.717, 1.165) is 25.1 Å². The lowest BCUT2D eigenvalue weighted by molar-refractivity contribution is 0.0864. The number of rotatable bonds is 5. The van der Waals surface area contributed by atoms with Crippen molar-refractivity contribution in [2.45, 2.75) is 58.1 Å². The van der Waals surface area contributed by atoms with E-state index in [9.17, 15) is 0 Å². The molecule has 2 heterocycles. The van der Waals surface area contributed by atoms with Crippen LogP contribution in [0.25, 0.3) is 0 Å². The third-order valence-electron chi connectivity index (χ3n) is 4.69. The zero-order valence-corrected chi connectivity index (χ0v) is 12.2. The highest BCUT2D eigenvalue weighted by atomic mass is 16.5. The summed E-state index contributed by atoms with van der Waals surface area (Å²) in [5.41, 5.74) is 0. The van der Waals surface area contributed by atoms with Crippen LogP contribution in [0.1, 0.15) is 46.0 Å². The lowest BCUT2D eigenvalue weighted by atomic mass is 9.98. The van der Waals surface area contributed by atoms with Gasteiger partial charge in [-0.3, -0.25) is 0 Å². The van der Waals surface area contributed by atoms with Crippen molar-refractivity contribution in [1.82, 2.24) is 10.2 Å². The molecule has 0 saturated carbocycles. The molecule has 18 heavy (non-hydrogen) atoms. The lowest BCUT2D eigenvalue weighted by Gasteiger charge is -2.22. The van der Waals surface area contributed by atoms with Gasteiger partial charge in [-0.25, -0.2) is 0 Å². The van der Waals surface area contributed by atoms with Crippen molar-refractivity contribution in [2.24, 2.45) is 5.92 Å². The van der Waals surface area contributed by atoms with E-state index in [1.165, 1.54) is 51.7 Å². The summed E-state index contributed by atoms with van der Waals surface area (Å²) in [6, 6.07) is 0.736. The molecule has 0 radical (unpaired) electrons. The number of likely N-dealkylation sites (tertiary alicyclic amines) is 1. The number of ether oxygens (including phenoxy) is 1. The molecule has 2 rings (SSSR count). The molecule has 3 unspecified atom stereocenters. The first kappa shape index (κ1) is 14.3. The number of nitrogens with one attached hydrogen (secondary N) is 1. The van der Waals surface area contributed by atoms with Crippen molar-refractivity contribution < 1.29 is 4.74 Å². The summed E-state index contributed by atoms with van der Waals surface area (Å²) in [5.74, 6) is 0.750. The molecule has 0 spiro atoms. The number of hydrogen-bond donors (Lipinski definition) is 1. The Hall–Kier alpha value is -0.120. The van der Waals surface area contributed by atoms with E-state index in [2.05, 4.69) is 24.1 Å². The van der Waals surface area contributed by atoms with Gasteiger partial charge in [0.15, 0.2) is 0 Å². The fraction of sp³-hybridized carbons (Fsp3) is 1.00. The van der Waals surface area contributed by atoms with Crippen molar-refractivity contribution in [1.29, 1.82) is 0 Å². The van der Waals surface area contributed by atoms with Gasteiger partial charge in [-0.2, -0.15) is 0 Å². The topological polar surface area (TPSA) is 24.5 Å². The summed E-state index contributed by atoms with van der Waals surface area (Å²) >= 11 is 0. The Labute approximate surface area is 112 Å². The maximum absolute atomic E-state index is 5.77. The Bertz CT molecular complexity index is 235. The quantitative estimate of drug-likeness (QED) is 0.814. The minimum atomic E-state index is 0.510. The van der Waals surface area contributed by atoms with Gasteiger partial charge in [-0.15, -0.1) is 0 Å². The van der Waals surface area contributed by atoms with E-state index in [-0.39, 0.29) is 0 Å². The molecule has 2 aliphatic rings. The fourth-order valence-corrected chi connectivity index (χ4v) is 3.37. The maximum atomic E-state index is 5.77. The number of hydrogen-bond acceptors (Lipinski definition) is 3. The molecule has 0 aromatic rings. The van der Waals surface area contributed by atoms with Crippen molar-refractivity contribution in [3.05, 3.63) is 0 Å². The molecule has 106 valence electrons. The zero-order valence-electron chi connectivity index (χ0n) is 12.2. The molecule has 0 aromatic heterocycles. The van der Waals surface area contributed by atoms with Crippen molar-refractivity contribution in [3.8, 4) is 0 Å². The Morgan fingerprint density at radius 3 is 2.83 bits per heavy atom. The van der Waals surface area contributed by atoms with Crippen LogP contribution in [0.5, 0.6) is 0 Å². The zero-order chi connectivity index (χ0) is 12.8. The average molecular weight is 254 g/mol. The molecule has 2 saturated heterocycles. The van der Waals surface area contributed by atoms with E-state index in [4.69, 9.17) is 4.74 Å². The van der Waals surface area contributed by atoms with Crippen LogP contribution in [-0.4, -0.2) is 49.8 Å². The summed E-state index contributed by atoms with van der Waals surface area (Å²) in [5, 5.41) is 3.81. The molecule has 3 nitrogen and oxygen atoms in total. The maximum Gasteiger partial charge on any atom is 0.0613 e. The SMILES string of the molecule is CCC1OCCC1CNC1CCCN(CC)CC1. The monoisotopic (exact) mass is 254 g/mol. The third kappa shape index (κ3) is 3.94. The summed E-state index contributed by atoms with van der Waals surface area (Å²) in [6.07, 6.45) is 6.94. The van der Waals surface area contributed by atoms with Crippen molar-refractivity contribution in [2.75, 3.05) is 32.8 Å². The molecule has 3 atom stereocenters. The first-order chi connectivity index (χ1) is 8.83. The molecule has 0 aliphatic carbocycles. The van der Waals surface area contributed by atoms with Crippen molar-refractivity contribution >= 4 is 0 Å². The minimum Gasteiger partial charge on any atom is -0.378 e. The highest BCUT2D eigenvalue weighted by Gasteiger charge is 2.27. The smallest absolute Gasteiger partial charge is 0.0613 e. The van der Waals surface area contributed by atoms with Gasteiger partial charge in [0.25, 0.3) is 0 Å². The van der Waals surface area contributed by atoms with Crippen LogP contribution in [0.4, 0.5) is 0 Å². The Balaban J connectivity index is 1.69. The van der Waals surface area contributed by atoms with Gasteiger partial charge in [0.2, 0.25) is 0 Å². The first-order valence-corrected chi connectivity index (χ1v) is 7.90. The summed E-state index contributed by atoms with van der Waals surface area (Å²) in [7, 11) is 0. The fourth-order valence-electron chi connectivity index (χ4n) is 3.37. The molecular formula is C15H30N2O. The predicted molar refractivity (Wildman–Crippen MR) is 75.9 cm³/mol. The van der Waals surface area contributed by atoms with Crippen LogP contribution < -0.4 is 5.32 Å². The highest BCUT2D eigenvalue weighted by molar-refractivity contribution is 4.80. The highest BCUT2D eigenvalue weighted by Crippen LogP contribution is 2.23. The van der Waals surface area contributed by atoms with Crippen LogP contribution in [0.15, 0.2) is 0 Å². The van der Waals surface area contributed by atoms with Gasteiger partial charge < -0.3 is 15.0 Å². The van der Waals surface area contributed by atoms with Crippen LogP contribution in [0.3, 0.4) is 0 Å². The Kier molecular flexibility index (Phi) is 5.93. The van der Waals surface area contributed by atoms with Crippen LogP contribution in [0.2, 0.25) is 0 Å². The standard InChI is InChI=1S/C15H30N2O/c1-3-15-13(8-11-18-15)12-16-14-6-5-9-17(4-2)10-7-14/h13-16H,3-12H2,1-2H3. The molecule has 2 fully saturated rings. The minimum absolute atomic E-state index is 0.510. The van der Waals surface area contributed by atoms with E-state index < -0.39 is 0 Å². The second kappa shape index (κ2) is 7.46. The summed E-state index contributed by atoms with van der Waals surface area (Å²) in [6.45, 7) is 10.4. The van der Waals surface area contributed by atoms with Gasteiger partial charge >= 0.3 is 0 Å². The molecule has 0 aromatic carbocycles. The van der Waals surface area contributed by atoms with E-state index in [1.807, 2.05) is 0 Å². The average Bonchev–Trinajstić information content (AvgIpc) is 2.73.